The van der Waals surface area contributed by atoms with E-state index in [4.69, 9.17) is 11.6 Å². The molecule has 0 radical (unpaired) electrons. The van der Waals surface area contributed by atoms with E-state index in [0.717, 1.165) is 6.07 Å². The van der Waals surface area contributed by atoms with Gasteiger partial charge >= 0.3 is 6.18 Å². The number of amides is 1. The van der Waals surface area contributed by atoms with E-state index in [1.807, 2.05) is 0 Å². The number of nitrogens with zero attached hydrogens (tertiary/aromatic N) is 4. The summed E-state index contributed by atoms with van der Waals surface area (Å²) in [5.41, 5.74) is -1.40. The molecule has 1 aromatic carbocycles. The van der Waals surface area contributed by atoms with Crippen molar-refractivity contribution < 1.29 is 18.0 Å². The monoisotopic (exact) mass is 351 g/mol. The lowest BCUT2D eigenvalue weighted by Crippen LogP contribution is -2.18. The van der Waals surface area contributed by atoms with Crippen LogP contribution in [0.4, 0.5) is 19.1 Å². The van der Waals surface area contributed by atoms with Crippen LogP contribution in [0, 0.1) is 6.92 Å². The van der Waals surface area contributed by atoms with Gasteiger partial charge in [-0.05, 0) is 29.0 Å². The van der Waals surface area contributed by atoms with E-state index in [1.54, 1.807) is 0 Å². The molecule has 22 heavy (non-hydrogen) atoms. The number of thiol groups is 1. The highest BCUT2D eigenvalue weighted by atomic mass is 35.5. The predicted molar refractivity (Wildman–Crippen MR) is 75.2 cm³/mol. The van der Waals surface area contributed by atoms with Gasteiger partial charge in [-0.2, -0.15) is 13.2 Å². The van der Waals surface area contributed by atoms with Crippen LogP contribution in [0.1, 0.15) is 21.5 Å². The molecule has 1 N–H and O–H groups in total. The number of aryl methyl sites for hydroxylation is 1. The number of rotatable bonds is 2. The highest BCUT2D eigenvalue weighted by Gasteiger charge is 2.36. The number of alkyl halides is 3. The Bertz CT molecular complexity index is 746. The lowest BCUT2D eigenvalue weighted by Gasteiger charge is -2.16. The first kappa shape index (κ1) is 16.6. The third kappa shape index (κ3) is 3.02. The highest BCUT2D eigenvalue weighted by Crippen LogP contribution is 2.40. The lowest BCUT2D eigenvalue weighted by atomic mass is 10.0. The van der Waals surface area contributed by atoms with E-state index < -0.39 is 22.5 Å². The molecule has 1 aromatic heterocycles. The molecule has 0 saturated carbocycles. The van der Waals surface area contributed by atoms with E-state index >= 15 is 0 Å². The van der Waals surface area contributed by atoms with E-state index in [1.165, 1.54) is 18.7 Å². The summed E-state index contributed by atoms with van der Waals surface area (Å²) in [6.45, 7) is 1.17. The molecule has 0 saturated heterocycles. The van der Waals surface area contributed by atoms with Crippen LogP contribution in [0.2, 0.25) is 5.02 Å². The maximum atomic E-state index is 12.9. The van der Waals surface area contributed by atoms with Gasteiger partial charge in [-0.1, -0.05) is 16.7 Å². The fourth-order valence-corrected chi connectivity index (χ4v) is 2.46. The summed E-state index contributed by atoms with van der Waals surface area (Å²) in [5, 5.41) is 12.4. The highest BCUT2D eigenvalue weighted by molar-refractivity contribution is 7.80. The lowest BCUT2D eigenvalue weighted by molar-refractivity contribution is -0.140. The largest absolute Gasteiger partial charge is 0.417 e. The average molecular weight is 352 g/mol. The van der Waals surface area contributed by atoms with Crippen molar-refractivity contribution in [2.24, 2.45) is 7.05 Å². The van der Waals surface area contributed by atoms with Crippen LogP contribution in [0.25, 0.3) is 0 Å². The van der Waals surface area contributed by atoms with E-state index in [2.05, 4.69) is 33.5 Å². The zero-order valence-electron chi connectivity index (χ0n) is 11.2. The molecule has 2 rings (SSSR count). The van der Waals surface area contributed by atoms with Crippen LogP contribution in [0.5, 0.6) is 0 Å². The Hall–Kier alpha value is -1.81. The van der Waals surface area contributed by atoms with Crippen molar-refractivity contribution in [1.29, 1.82) is 0 Å². The van der Waals surface area contributed by atoms with Gasteiger partial charge in [-0.15, -0.1) is 12.6 Å². The minimum absolute atomic E-state index is 0.0272. The summed E-state index contributed by atoms with van der Waals surface area (Å²) in [6.07, 6.45) is -4.62. The molecular formula is C11H9ClF3N5OS. The zero-order chi connectivity index (χ0) is 16.7. The topological polar surface area (TPSA) is 72.7 Å². The van der Waals surface area contributed by atoms with E-state index in [-0.39, 0.29) is 22.1 Å². The molecule has 11 heteroatoms. The summed E-state index contributed by atoms with van der Waals surface area (Å²) in [7, 11) is 1.49. The fourth-order valence-electron chi connectivity index (χ4n) is 1.80. The number of halogens is 4. The van der Waals surface area contributed by atoms with E-state index in [0.29, 0.717) is 0 Å². The zero-order valence-corrected chi connectivity index (χ0v) is 12.9. The van der Waals surface area contributed by atoms with Crippen molar-refractivity contribution in [1.82, 2.24) is 20.2 Å². The number of tetrazole rings is 1. The second-order valence-corrected chi connectivity index (χ2v) is 5.19. The minimum atomic E-state index is -4.62. The molecule has 0 spiro atoms. The normalized spacial score (nSPS) is 11.6. The Labute approximate surface area is 133 Å². The number of hydrogen-bond donors (Lipinski definition) is 2. The van der Waals surface area contributed by atoms with Gasteiger partial charge in [-0.3, -0.25) is 10.1 Å². The second kappa shape index (κ2) is 5.76. The van der Waals surface area contributed by atoms with Crippen LogP contribution in [-0.4, -0.2) is 26.1 Å². The molecule has 6 nitrogen and oxygen atoms in total. The van der Waals surface area contributed by atoms with Crippen LogP contribution < -0.4 is 5.32 Å². The van der Waals surface area contributed by atoms with Gasteiger partial charge in [-0.25, -0.2) is 4.68 Å². The Morgan fingerprint density at radius 1 is 1.45 bits per heavy atom. The van der Waals surface area contributed by atoms with Gasteiger partial charge in [0.05, 0.1) is 16.1 Å². The van der Waals surface area contributed by atoms with Crippen LogP contribution in [0.15, 0.2) is 11.0 Å². The maximum Gasteiger partial charge on any atom is 0.417 e. The van der Waals surface area contributed by atoms with Crippen LogP contribution in [-0.2, 0) is 13.2 Å². The minimum Gasteiger partial charge on any atom is -0.289 e. The Balaban J connectivity index is 2.45. The van der Waals surface area contributed by atoms with Gasteiger partial charge in [0, 0.05) is 11.9 Å². The molecule has 0 aliphatic carbocycles. The standard InChI is InChI=1S/C11H9ClF3N5OS/c1-4-7(11(13,14)15)6(22)3-5(8(4)12)9(21)16-10-17-18-19-20(10)2/h3,22H,1-2H3,(H,16,17,19,21). The SMILES string of the molecule is Cc1c(Cl)c(C(=O)Nc2nnnn2C)cc(S)c1C(F)(F)F. The summed E-state index contributed by atoms with van der Waals surface area (Å²) < 4.78 is 40.0. The molecule has 0 bridgehead atoms. The first-order valence-electron chi connectivity index (χ1n) is 5.76. The van der Waals surface area contributed by atoms with Crippen molar-refractivity contribution in [3.05, 3.63) is 27.8 Å². The predicted octanol–water partition coefficient (Wildman–Crippen LogP) is 2.73. The second-order valence-electron chi connectivity index (χ2n) is 4.34. The number of aromatic nitrogens is 4. The van der Waals surface area contributed by atoms with Crippen molar-refractivity contribution in [2.75, 3.05) is 5.32 Å². The van der Waals surface area contributed by atoms with Crippen molar-refractivity contribution >= 4 is 36.1 Å². The maximum absolute atomic E-state index is 12.9. The number of benzene rings is 1. The van der Waals surface area contributed by atoms with Gasteiger partial charge in [0.1, 0.15) is 0 Å². The summed E-state index contributed by atoms with van der Waals surface area (Å²) in [4.78, 5) is 11.7. The summed E-state index contributed by atoms with van der Waals surface area (Å²) in [5.74, 6) is -0.714. The number of anilines is 1. The third-order valence-corrected chi connectivity index (χ3v) is 3.69. The molecule has 1 heterocycles. The first-order chi connectivity index (χ1) is 10.1. The Morgan fingerprint density at radius 3 is 2.59 bits per heavy atom. The fraction of sp³-hybridized carbons (Fsp3) is 0.273. The Kier molecular flexibility index (Phi) is 4.34. The van der Waals surface area contributed by atoms with Gasteiger partial charge in [0.25, 0.3) is 5.91 Å². The van der Waals surface area contributed by atoms with Crippen molar-refractivity contribution in [3.63, 3.8) is 0 Å². The molecule has 2 aromatic rings. The smallest absolute Gasteiger partial charge is 0.289 e. The number of hydrogen-bond acceptors (Lipinski definition) is 5. The first-order valence-corrected chi connectivity index (χ1v) is 6.58. The van der Waals surface area contributed by atoms with Crippen LogP contribution >= 0.6 is 24.2 Å². The molecule has 0 atom stereocenters. The molecular weight excluding hydrogens is 343 g/mol. The van der Waals surface area contributed by atoms with E-state index in [9.17, 15) is 18.0 Å². The number of nitrogens with one attached hydrogen (secondary N) is 1. The summed E-state index contributed by atoms with van der Waals surface area (Å²) >= 11 is 9.70. The molecule has 0 unspecified atom stereocenters. The number of carbonyl (C=O) groups is 1. The number of carbonyl (C=O) groups excluding carboxylic acids is 1. The van der Waals surface area contributed by atoms with Gasteiger partial charge in [0.15, 0.2) is 0 Å². The third-order valence-electron chi connectivity index (χ3n) is 2.85. The molecule has 0 aliphatic heterocycles. The molecule has 1 amide bonds. The summed E-state index contributed by atoms with van der Waals surface area (Å²) in [6, 6.07) is 0.959. The molecule has 0 fully saturated rings. The van der Waals surface area contributed by atoms with Crippen molar-refractivity contribution in [3.8, 4) is 0 Å². The Morgan fingerprint density at radius 2 is 2.09 bits per heavy atom. The van der Waals surface area contributed by atoms with Crippen LogP contribution in [0.3, 0.4) is 0 Å². The average Bonchev–Trinajstić information content (AvgIpc) is 2.78. The van der Waals surface area contributed by atoms with Crippen molar-refractivity contribution in [2.45, 2.75) is 18.0 Å². The molecule has 118 valence electrons. The van der Waals surface area contributed by atoms with Gasteiger partial charge in [0.2, 0.25) is 5.95 Å². The molecule has 0 aliphatic rings. The quantitative estimate of drug-likeness (QED) is 0.816. The van der Waals surface area contributed by atoms with Gasteiger partial charge < -0.3 is 0 Å².